The summed E-state index contributed by atoms with van der Waals surface area (Å²) in [6.45, 7) is 6.99. The number of rotatable bonds is 13. The number of carbonyl (C=O) groups excluding carboxylic acids is 3. The Labute approximate surface area is 249 Å². The number of thiazole rings is 1. The fraction of sp³-hybridized carbons (Fsp3) is 0.375. The molecule has 1 N–H and O–H groups in total. The van der Waals surface area contributed by atoms with E-state index in [-0.39, 0.29) is 21.3 Å². The lowest BCUT2D eigenvalue weighted by Gasteiger charge is -2.23. The van der Waals surface area contributed by atoms with E-state index in [1.807, 2.05) is 0 Å². The summed E-state index contributed by atoms with van der Waals surface area (Å²) < 4.78 is 16.4. The molecule has 10 heteroatoms. The van der Waals surface area contributed by atoms with E-state index in [9.17, 15) is 19.5 Å². The Bertz CT molecular complexity index is 1440. The maximum atomic E-state index is 13.5. The summed E-state index contributed by atoms with van der Waals surface area (Å²) in [6, 6.07) is 12.8. The number of ether oxygens (including phenoxy) is 3. The number of hydrogen-bond donors (Lipinski definition) is 1. The van der Waals surface area contributed by atoms with Gasteiger partial charge in [0, 0.05) is 5.56 Å². The first-order valence-electron chi connectivity index (χ1n) is 14.1. The van der Waals surface area contributed by atoms with Crippen LogP contribution in [0, 0.1) is 6.92 Å². The summed E-state index contributed by atoms with van der Waals surface area (Å²) in [5.41, 5.74) is 1.23. The van der Waals surface area contributed by atoms with Crippen molar-refractivity contribution >= 4 is 39.9 Å². The third-order valence-corrected chi connectivity index (χ3v) is 8.05. The number of ketones is 1. The van der Waals surface area contributed by atoms with Gasteiger partial charge in [0.15, 0.2) is 5.13 Å². The number of nitrogens with zero attached hydrogens (tertiary/aromatic N) is 2. The summed E-state index contributed by atoms with van der Waals surface area (Å²) in [4.78, 5) is 45.2. The van der Waals surface area contributed by atoms with Crippen LogP contribution in [0.15, 0.2) is 54.1 Å². The average molecular weight is 593 g/mol. The molecule has 2 aromatic carbocycles. The molecule has 0 aliphatic carbocycles. The lowest BCUT2D eigenvalue weighted by atomic mass is 9.95. The van der Waals surface area contributed by atoms with Crippen LogP contribution in [0.3, 0.4) is 0 Å². The molecule has 0 saturated carbocycles. The van der Waals surface area contributed by atoms with Gasteiger partial charge in [-0.25, -0.2) is 9.78 Å². The Morgan fingerprint density at radius 1 is 0.929 bits per heavy atom. The number of esters is 1. The highest BCUT2D eigenvalue weighted by Crippen LogP contribution is 2.44. The normalized spacial score (nSPS) is 16.1. The standard InChI is InChI=1S/C32H36N2O7S/c1-5-7-9-19-41-23-14-10-21(11-15-23)26-25(27(35)22-12-16-24(17-13-22)40-18-8-6-2)28(36)30(37)34(26)32-33-20(3)29(42-32)31(38)39-4/h10-17,26,35H,5-9,18-19H2,1-4H3/b27-25-. The molecular formula is C32H36N2O7S. The molecule has 2 heterocycles. The summed E-state index contributed by atoms with van der Waals surface area (Å²) in [5, 5.41) is 11.6. The van der Waals surface area contributed by atoms with Crippen LogP contribution in [0.2, 0.25) is 0 Å². The molecule has 0 spiro atoms. The van der Waals surface area contributed by atoms with Gasteiger partial charge in [0.05, 0.1) is 37.6 Å². The molecule has 222 valence electrons. The lowest BCUT2D eigenvalue weighted by Crippen LogP contribution is -2.29. The van der Waals surface area contributed by atoms with E-state index in [1.54, 1.807) is 55.5 Å². The van der Waals surface area contributed by atoms with E-state index in [1.165, 1.54) is 12.0 Å². The molecule has 1 fully saturated rings. The van der Waals surface area contributed by atoms with E-state index < -0.39 is 23.7 Å². The van der Waals surface area contributed by atoms with E-state index in [4.69, 9.17) is 14.2 Å². The first-order valence-corrected chi connectivity index (χ1v) is 14.9. The molecule has 1 amide bonds. The van der Waals surface area contributed by atoms with Crippen molar-refractivity contribution in [3.05, 3.63) is 75.8 Å². The summed E-state index contributed by atoms with van der Waals surface area (Å²) in [5.74, 6) is -1.32. The molecule has 1 unspecified atom stereocenters. The molecule has 0 radical (unpaired) electrons. The first-order chi connectivity index (χ1) is 20.3. The Balaban J connectivity index is 1.76. The molecular weight excluding hydrogens is 556 g/mol. The zero-order valence-corrected chi connectivity index (χ0v) is 25.2. The SMILES string of the molecule is CCCCCOc1ccc(C2/C(=C(/O)c3ccc(OCCCC)cc3)C(=O)C(=O)N2c2nc(C)c(C(=O)OC)s2)cc1. The molecule has 42 heavy (non-hydrogen) atoms. The van der Waals surface area contributed by atoms with Crippen LogP contribution >= 0.6 is 11.3 Å². The van der Waals surface area contributed by atoms with Gasteiger partial charge in [0.2, 0.25) is 0 Å². The first kappa shape index (κ1) is 30.8. The van der Waals surface area contributed by atoms with Crippen molar-refractivity contribution in [2.45, 2.75) is 58.9 Å². The zero-order chi connectivity index (χ0) is 30.2. The number of aliphatic hydroxyl groups is 1. The second-order valence-corrected chi connectivity index (χ2v) is 10.9. The average Bonchev–Trinajstić information content (AvgIpc) is 3.51. The third kappa shape index (κ3) is 6.65. The smallest absolute Gasteiger partial charge is 0.350 e. The van der Waals surface area contributed by atoms with Gasteiger partial charge in [-0.2, -0.15) is 0 Å². The minimum atomic E-state index is -0.990. The maximum absolute atomic E-state index is 13.5. The number of unbranched alkanes of at least 4 members (excludes halogenated alkanes) is 3. The van der Waals surface area contributed by atoms with Gasteiger partial charge in [-0.05, 0) is 61.7 Å². The summed E-state index contributed by atoms with van der Waals surface area (Å²) in [6.07, 6.45) is 5.02. The number of aliphatic hydroxyl groups excluding tert-OH is 1. The van der Waals surface area contributed by atoms with Crippen LogP contribution in [0.4, 0.5) is 5.13 Å². The van der Waals surface area contributed by atoms with Crippen molar-refractivity contribution in [2.24, 2.45) is 0 Å². The molecule has 4 rings (SSSR count). The number of Topliss-reactive ketones (excluding diaryl/α,β-unsaturated/α-hetero) is 1. The van der Waals surface area contributed by atoms with E-state index >= 15 is 0 Å². The van der Waals surface area contributed by atoms with Crippen molar-refractivity contribution in [1.29, 1.82) is 0 Å². The van der Waals surface area contributed by atoms with Gasteiger partial charge >= 0.3 is 11.9 Å². The number of methoxy groups -OCH3 is 1. The number of benzene rings is 2. The van der Waals surface area contributed by atoms with Crippen molar-refractivity contribution in [3.63, 3.8) is 0 Å². The van der Waals surface area contributed by atoms with Gasteiger partial charge < -0.3 is 19.3 Å². The van der Waals surface area contributed by atoms with E-state index in [0.717, 1.165) is 43.4 Å². The van der Waals surface area contributed by atoms with Gasteiger partial charge in [-0.15, -0.1) is 0 Å². The number of amides is 1. The molecule has 1 atom stereocenters. The second kappa shape index (κ2) is 14.1. The quantitative estimate of drug-likeness (QED) is 0.0775. The zero-order valence-electron chi connectivity index (χ0n) is 24.3. The molecule has 0 bridgehead atoms. The monoisotopic (exact) mass is 592 g/mol. The van der Waals surface area contributed by atoms with Gasteiger partial charge in [-0.1, -0.05) is 56.6 Å². The van der Waals surface area contributed by atoms with Crippen molar-refractivity contribution in [3.8, 4) is 11.5 Å². The molecule has 3 aromatic rings. The van der Waals surface area contributed by atoms with Crippen molar-refractivity contribution in [1.82, 2.24) is 4.98 Å². The minimum absolute atomic E-state index is 0.0799. The Morgan fingerprint density at radius 2 is 1.52 bits per heavy atom. The number of aromatic nitrogens is 1. The molecule has 9 nitrogen and oxygen atoms in total. The van der Waals surface area contributed by atoms with E-state index in [0.29, 0.717) is 41.5 Å². The van der Waals surface area contributed by atoms with Gasteiger partial charge in [0.25, 0.3) is 5.78 Å². The number of carbonyl (C=O) groups is 3. The molecule has 1 aliphatic rings. The fourth-order valence-corrected chi connectivity index (χ4v) is 5.61. The Hall–Kier alpha value is -4.18. The van der Waals surface area contributed by atoms with Crippen LogP contribution in [-0.4, -0.2) is 48.1 Å². The highest BCUT2D eigenvalue weighted by atomic mass is 32.1. The largest absolute Gasteiger partial charge is 0.507 e. The van der Waals surface area contributed by atoms with Crippen molar-refractivity contribution in [2.75, 3.05) is 25.2 Å². The van der Waals surface area contributed by atoms with Gasteiger partial charge in [0.1, 0.15) is 22.1 Å². The van der Waals surface area contributed by atoms with Crippen molar-refractivity contribution < 1.29 is 33.7 Å². The summed E-state index contributed by atoms with van der Waals surface area (Å²) in [7, 11) is 1.26. The van der Waals surface area contributed by atoms with Crippen LogP contribution in [-0.2, 0) is 14.3 Å². The highest BCUT2D eigenvalue weighted by Gasteiger charge is 2.48. The Kier molecular flexibility index (Phi) is 10.4. The van der Waals surface area contributed by atoms with Crippen LogP contribution in [0.5, 0.6) is 11.5 Å². The number of aryl methyl sites for hydroxylation is 1. The molecule has 1 saturated heterocycles. The van der Waals surface area contributed by atoms with E-state index in [2.05, 4.69) is 18.8 Å². The predicted molar refractivity (Wildman–Crippen MR) is 161 cm³/mol. The number of hydrogen-bond acceptors (Lipinski definition) is 9. The van der Waals surface area contributed by atoms with Crippen LogP contribution in [0.25, 0.3) is 5.76 Å². The fourth-order valence-electron chi connectivity index (χ4n) is 4.60. The molecule has 1 aromatic heterocycles. The topological polar surface area (TPSA) is 115 Å². The Morgan fingerprint density at radius 3 is 2.12 bits per heavy atom. The number of anilines is 1. The van der Waals surface area contributed by atoms with Gasteiger partial charge in [-0.3, -0.25) is 14.5 Å². The maximum Gasteiger partial charge on any atom is 0.350 e. The highest BCUT2D eigenvalue weighted by molar-refractivity contribution is 7.17. The minimum Gasteiger partial charge on any atom is -0.507 e. The summed E-state index contributed by atoms with van der Waals surface area (Å²) >= 11 is 0.955. The third-order valence-electron chi connectivity index (χ3n) is 6.91. The second-order valence-electron chi connectivity index (χ2n) is 9.92. The lowest BCUT2D eigenvalue weighted by molar-refractivity contribution is -0.132. The van der Waals surface area contributed by atoms with Crippen LogP contribution < -0.4 is 14.4 Å². The predicted octanol–water partition coefficient (Wildman–Crippen LogP) is 6.61. The van der Waals surface area contributed by atoms with Crippen LogP contribution in [0.1, 0.15) is 78.5 Å². The molecule has 1 aliphatic heterocycles.